The Kier molecular flexibility index (Phi) is 6.22. The molecule has 0 saturated carbocycles. The minimum atomic E-state index is -4.89. The van der Waals surface area contributed by atoms with Gasteiger partial charge in [-0.25, -0.2) is 17.6 Å². The standard InChI is InChI=1S/C22H20F3N7O5S/c1-14-17(13-26-32(14)21-27-19(33)18-3-2-8-31(18)28-21)20(34)29-9-11-30(12-10-29)38(35,36)16-6-4-15(5-7-16)37-22(23,24)25/h2-8,13H,9-12H2,1H3,(H,27,28,33). The third kappa shape index (κ3) is 4.74. The number of nitrogens with one attached hydrogen (secondary N) is 1. The second kappa shape index (κ2) is 9.29. The van der Waals surface area contributed by atoms with E-state index >= 15 is 0 Å². The predicted molar refractivity (Wildman–Crippen MR) is 125 cm³/mol. The van der Waals surface area contributed by atoms with Gasteiger partial charge in [-0.1, -0.05) is 0 Å². The maximum absolute atomic E-state index is 13.2. The van der Waals surface area contributed by atoms with Crippen molar-refractivity contribution >= 4 is 21.4 Å². The summed E-state index contributed by atoms with van der Waals surface area (Å²) in [4.78, 5) is 29.4. The molecule has 1 aliphatic rings. The van der Waals surface area contributed by atoms with E-state index in [1.54, 1.807) is 25.3 Å². The van der Waals surface area contributed by atoms with Crippen LogP contribution in [0.5, 0.6) is 5.75 Å². The van der Waals surface area contributed by atoms with Gasteiger partial charge in [-0.3, -0.25) is 14.6 Å². The van der Waals surface area contributed by atoms with Crippen LogP contribution in [0, 0.1) is 6.92 Å². The van der Waals surface area contributed by atoms with Gasteiger partial charge in [0.1, 0.15) is 11.3 Å². The molecular formula is C22H20F3N7O5S. The average molecular weight is 552 g/mol. The summed E-state index contributed by atoms with van der Waals surface area (Å²) in [6.45, 7) is 1.79. The van der Waals surface area contributed by atoms with Crippen molar-refractivity contribution in [3.05, 3.63) is 70.4 Å². The quantitative estimate of drug-likeness (QED) is 0.398. The van der Waals surface area contributed by atoms with Crippen LogP contribution in [-0.2, 0) is 10.0 Å². The molecule has 5 rings (SSSR count). The van der Waals surface area contributed by atoms with Crippen molar-refractivity contribution in [2.75, 3.05) is 26.2 Å². The monoisotopic (exact) mass is 551 g/mol. The molecular weight excluding hydrogens is 531 g/mol. The highest BCUT2D eigenvalue weighted by Gasteiger charge is 2.33. The van der Waals surface area contributed by atoms with Gasteiger partial charge in [-0.05, 0) is 43.3 Å². The minimum absolute atomic E-state index is 0.0127. The molecule has 16 heteroatoms. The van der Waals surface area contributed by atoms with Gasteiger partial charge in [0, 0.05) is 32.4 Å². The molecule has 4 heterocycles. The van der Waals surface area contributed by atoms with Gasteiger partial charge >= 0.3 is 6.36 Å². The molecule has 0 radical (unpaired) electrons. The molecule has 0 unspecified atom stereocenters. The smallest absolute Gasteiger partial charge is 0.406 e. The number of aromatic amines is 1. The lowest BCUT2D eigenvalue weighted by Gasteiger charge is -2.34. The Balaban J connectivity index is 1.28. The number of fused-ring (bicyclic) bond motifs is 1. The van der Waals surface area contributed by atoms with E-state index < -0.39 is 22.1 Å². The third-order valence-electron chi connectivity index (χ3n) is 6.05. The molecule has 1 amide bonds. The highest BCUT2D eigenvalue weighted by molar-refractivity contribution is 7.89. The number of aromatic nitrogens is 5. The molecule has 200 valence electrons. The number of carbonyl (C=O) groups is 1. The summed E-state index contributed by atoms with van der Waals surface area (Å²) in [6, 6.07) is 7.21. The average Bonchev–Trinajstić information content (AvgIpc) is 3.50. The van der Waals surface area contributed by atoms with Crippen LogP contribution in [0.25, 0.3) is 11.5 Å². The normalized spacial score (nSPS) is 15.2. The van der Waals surface area contributed by atoms with Crippen molar-refractivity contribution in [3.8, 4) is 11.7 Å². The number of hydrogen-bond acceptors (Lipinski definition) is 7. The fourth-order valence-corrected chi connectivity index (χ4v) is 5.55. The summed E-state index contributed by atoms with van der Waals surface area (Å²) in [7, 11) is -4.00. The SMILES string of the molecule is Cc1c(C(=O)N2CCN(S(=O)(=O)c3ccc(OC(F)(F)F)cc3)CC2)cnn1-c1nn2cccc2c(=O)[nH]1. The third-order valence-corrected chi connectivity index (χ3v) is 7.96. The molecule has 4 aromatic rings. The van der Waals surface area contributed by atoms with E-state index in [-0.39, 0.29) is 54.1 Å². The van der Waals surface area contributed by atoms with Crippen molar-refractivity contribution in [3.63, 3.8) is 0 Å². The van der Waals surface area contributed by atoms with Crippen LogP contribution in [0.1, 0.15) is 16.1 Å². The second-order valence-corrected chi connectivity index (χ2v) is 10.3. The lowest BCUT2D eigenvalue weighted by Crippen LogP contribution is -2.50. The van der Waals surface area contributed by atoms with Crippen molar-refractivity contribution in [2.45, 2.75) is 18.2 Å². The van der Waals surface area contributed by atoms with Gasteiger partial charge in [0.05, 0.1) is 22.3 Å². The van der Waals surface area contributed by atoms with Gasteiger partial charge in [0.2, 0.25) is 16.0 Å². The molecule has 1 N–H and O–H groups in total. The van der Waals surface area contributed by atoms with E-state index in [0.29, 0.717) is 11.2 Å². The summed E-state index contributed by atoms with van der Waals surface area (Å²) >= 11 is 0. The highest BCUT2D eigenvalue weighted by atomic mass is 32.2. The first-order valence-electron chi connectivity index (χ1n) is 11.2. The summed E-state index contributed by atoms with van der Waals surface area (Å²) in [5.41, 5.74) is 0.675. The number of piperazine rings is 1. The number of rotatable bonds is 5. The number of ether oxygens (including phenoxy) is 1. The molecule has 0 atom stereocenters. The lowest BCUT2D eigenvalue weighted by molar-refractivity contribution is -0.274. The Bertz CT molecular complexity index is 1670. The number of carbonyl (C=O) groups excluding carboxylic acids is 1. The maximum Gasteiger partial charge on any atom is 0.573 e. The number of hydrogen-bond donors (Lipinski definition) is 1. The zero-order chi connectivity index (χ0) is 27.2. The summed E-state index contributed by atoms with van der Waals surface area (Å²) in [6.07, 6.45) is -1.93. The zero-order valence-electron chi connectivity index (χ0n) is 19.7. The van der Waals surface area contributed by atoms with E-state index in [2.05, 4.69) is 19.9 Å². The lowest BCUT2D eigenvalue weighted by atomic mass is 10.2. The van der Waals surface area contributed by atoms with Crippen LogP contribution in [0.15, 0.2) is 58.5 Å². The Morgan fingerprint density at radius 2 is 1.76 bits per heavy atom. The Morgan fingerprint density at radius 3 is 2.42 bits per heavy atom. The van der Waals surface area contributed by atoms with Crippen LogP contribution in [0.2, 0.25) is 0 Å². The molecule has 1 aromatic carbocycles. The number of amides is 1. The second-order valence-electron chi connectivity index (χ2n) is 8.39. The van der Waals surface area contributed by atoms with Crippen LogP contribution in [0.3, 0.4) is 0 Å². The predicted octanol–water partition coefficient (Wildman–Crippen LogP) is 1.56. The van der Waals surface area contributed by atoms with Gasteiger partial charge in [-0.15, -0.1) is 18.3 Å². The summed E-state index contributed by atoms with van der Waals surface area (Å²) in [5.74, 6) is -0.781. The topological polar surface area (TPSA) is 135 Å². The van der Waals surface area contributed by atoms with E-state index in [0.717, 1.165) is 28.6 Å². The highest BCUT2D eigenvalue weighted by Crippen LogP contribution is 2.26. The first kappa shape index (κ1) is 25.5. The van der Waals surface area contributed by atoms with Crippen molar-refractivity contribution in [1.82, 2.24) is 33.6 Å². The number of alkyl halides is 3. The number of sulfonamides is 1. The van der Waals surface area contributed by atoms with Crippen molar-refractivity contribution in [1.29, 1.82) is 0 Å². The number of benzene rings is 1. The van der Waals surface area contributed by atoms with E-state index in [9.17, 15) is 31.2 Å². The first-order valence-corrected chi connectivity index (χ1v) is 12.7. The molecule has 1 aliphatic heterocycles. The summed E-state index contributed by atoms with van der Waals surface area (Å²) < 4.78 is 70.7. The number of halogens is 3. The molecule has 3 aromatic heterocycles. The van der Waals surface area contributed by atoms with Gasteiger partial charge in [-0.2, -0.15) is 9.40 Å². The van der Waals surface area contributed by atoms with Crippen LogP contribution in [-0.4, -0.2) is 80.5 Å². The first-order chi connectivity index (χ1) is 17.9. The summed E-state index contributed by atoms with van der Waals surface area (Å²) in [5, 5.41) is 8.49. The molecule has 12 nitrogen and oxygen atoms in total. The van der Waals surface area contributed by atoms with Crippen LogP contribution < -0.4 is 10.3 Å². The van der Waals surface area contributed by atoms with E-state index in [1.807, 2.05) is 0 Å². The van der Waals surface area contributed by atoms with Crippen LogP contribution >= 0.6 is 0 Å². The van der Waals surface area contributed by atoms with E-state index in [4.69, 9.17) is 0 Å². The molecule has 38 heavy (non-hydrogen) atoms. The number of nitrogens with zero attached hydrogens (tertiary/aromatic N) is 6. The molecule has 0 aliphatic carbocycles. The fraction of sp³-hybridized carbons (Fsp3) is 0.273. The fourth-order valence-electron chi connectivity index (χ4n) is 4.12. The van der Waals surface area contributed by atoms with Crippen molar-refractivity contribution in [2.24, 2.45) is 0 Å². The van der Waals surface area contributed by atoms with Gasteiger partial charge in [0.15, 0.2) is 0 Å². The zero-order valence-corrected chi connectivity index (χ0v) is 20.5. The molecule has 1 saturated heterocycles. The maximum atomic E-state index is 13.2. The van der Waals surface area contributed by atoms with Crippen LogP contribution in [0.4, 0.5) is 13.2 Å². The van der Waals surface area contributed by atoms with Gasteiger partial charge in [0.25, 0.3) is 11.5 Å². The number of H-pyrrole nitrogens is 1. The Morgan fingerprint density at radius 1 is 1.08 bits per heavy atom. The largest absolute Gasteiger partial charge is 0.573 e. The van der Waals surface area contributed by atoms with Gasteiger partial charge < -0.3 is 9.64 Å². The molecule has 0 bridgehead atoms. The van der Waals surface area contributed by atoms with E-state index in [1.165, 1.54) is 20.3 Å². The molecule has 1 fully saturated rings. The Hall–Kier alpha value is -4.18. The van der Waals surface area contributed by atoms with Crippen molar-refractivity contribution < 1.29 is 31.1 Å². The molecule has 0 spiro atoms. The Labute approximate surface area is 212 Å². The minimum Gasteiger partial charge on any atom is -0.406 e.